The quantitative estimate of drug-likeness (QED) is 0.821. The lowest BCUT2D eigenvalue weighted by Crippen LogP contribution is -2.27. The number of nitrogens with zero attached hydrogens (tertiary/aromatic N) is 1. The second-order valence-electron chi connectivity index (χ2n) is 5.02. The molecule has 4 nitrogen and oxygen atoms in total. The average molecular weight is 262 g/mol. The van der Waals surface area contributed by atoms with Gasteiger partial charge in [-0.2, -0.15) is 5.26 Å². The van der Waals surface area contributed by atoms with E-state index in [0.29, 0.717) is 19.7 Å². The van der Waals surface area contributed by atoms with Gasteiger partial charge in [-0.1, -0.05) is 6.07 Å². The minimum atomic E-state index is -0.352. The van der Waals surface area contributed by atoms with E-state index in [1.54, 1.807) is 7.11 Å². The Morgan fingerprint density at radius 3 is 2.63 bits per heavy atom. The van der Waals surface area contributed by atoms with E-state index < -0.39 is 0 Å². The zero-order valence-corrected chi connectivity index (χ0v) is 12.1. The minimum Gasteiger partial charge on any atom is -0.493 e. The number of methoxy groups -OCH3 is 1. The van der Waals surface area contributed by atoms with Crippen LogP contribution in [0.5, 0.6) is 11.5 Å². The summed E-state index contributed by atoms with van der Waals surface area (Å²) in [6.45, 7) is 7.74. The molecule has 0 heterocycles. The molecule has 0 aromatic heterocycles. The molecular weight excluding hydrogens is 240 g/mol. The Morgan fingerprint density at radius 2 is 2.05 bits per heavy atom. The molecular formula is C15H22N2O2. The second kappa shape index (κ2) is 7.01. The van der Waals surface area contributed by atoms with Crippen LogP contribution in [0.4, 0.5) is 0 Å². The van der Waals surface area contributed by atoms with E-state index in [2.05, 4.69) is 11.4 Å². The van der Waals surface area contributed by atoms with Gasteiger partial charge in [0.2, 0.25) is 0 Å². The smallest absolute Gasteiger partial charge is 0.161 e. The van der Waals surface area contributed by atoms with Crippen molar-refractivity contribution < 1.29 is 9.47 Å². The van der Waals surface area contributed by atoms with Crippen LogP contribution in [0.2, 0.25) is 0 Å². The van der Waals surface area contributed by atoms with Crippen LogP contribution in [0.3, 0.4) is 0 Å². The number of nitrogens with one attached hydrogen (secondary N) is 1. The maximum atomic E-state index is 8.95. The first-order valence-electron chi connectivity index (χ1n) is 6.44. The van der Waals surface area contributed by atoms with Crippen LogP contribution in [0.15, 0.2) is 18.2 Å². The third kappa shape index (κ3) is 4.80. The Kier molecular flexibility index (Phi) is 5.65. The fourth-order valence-corrected chi connectivity index (χ4v) is 1.66. The minimum absolute atomic E-state index is 0.352. The van der Waals surface area contributed by atoms with Crippen LogP contribution in [0.1, 0.15) is 26.3 Å². The summed E-state index contributed by atoms with van der Waals surface area (Å²) in [7, 11) is 1.63. The van der Waals surface area contributed by atoms with Gasteiger partial charge >= 0.3 is 0 Å². The Hall–Kier alpha value is -1.73. The lowest BCUT2D eigenvalue weighted by Gasteiger charge is -2.16. The lowest BCUT2D eigenvalue weighted by molar-refractivity contribution is 0.310. The van der Waals surface area contributed by atoms with E-state index in [9.17, 15) is 0 Å². The highest BCUT2D eigenvalue weighted by atomic mass is 16.5. The molecule has 0 amide bonds. The Balaban J connectivity index is 2.65. The number of hydrogen-bond acceptors (Lipinski definition) is 4. The van der Waals surface area contributed by atoms with Crippen molar-refractivity contribution in [3.8, 4) is 17.6 Å². The van der Waals surface area contributed by atoms with E-state index in [1.807, 2.05) is 39.0 Å². The monoisotopic (exact) mass is 262 g/mol. The molecule has 19 heavy (non-hydrogen) atoms. The van der Waals surface area contributed by atoms with Crippen LogP contribution < -0.4 is 14.8 Å². The van der Waals surface area contributed by atoms with Gasteiger partial charge in [-0.15, -0.1) is 0 Å². The number of benzene rings is 1. The summed E-state index contributed by atoms with van der Waals surface area (Å²) in [5, 5.41) is 12.2. The maximum absolute atomic E-state index is 8.95. The fraction of sp³-hybridized carbons (Fsp3) is 0.533. The van der Waals surface area contributed by atoms with Crippen molar-refractivity contribution in [2.75, 3.05) is 20.3 Å². The predicted molar refractivity (Wildman–Crippen MR) is 75.3 cm³/mol. The first-order valence-corrected chi connectivity index (χ1v) is 6.44. The molecule has 0 fully saturated rings. The van der Waals surface area contributed by atoms with Crippen LogP contribution in [-0.2, 0) is 6.54 Å². The first-order chi connectivity index (χ1) is 9.02. The first kappa shape index (κ1) is 15.3. The Labute approximate surface area is 115 Å². The molecule has 0 unspecified atom stereocenters. The highest BCUT2D eigenvalue weighted by Gasteiger charge is 2.15. The van der Waals surface area contributed by atoms with E-state index in [0.717, 1.165) is 17.1 Å². The van der Waals surface area contributed by atoms with E-state index >= 15 is 0 Å². The lowest BCUT2D eigenvalue weighted by atomic mass is 9.96. The standard InChI is InChI=1S/C15H22N2O2/c1-5-19-14-8-12(6-7-13(14)18-4)9-17-11-15(2,3)10-16/h6-8,17H,5,9,11H2,1-4H3. The van der Waals surface area contributed by atoms with Crippen molar-refractivity contribution in [1.82, 2.24) is 5.32 Å². The summed E-state index contributed by atoms with van der Waals surface area (Å²) < 4.78 is 10.8. The van der Waals surface area contributed by atoms with Gasteiger partial charge in [0.1, 0.15) is 0 Å². The highest BCUT2D eigenvalue weighted by molar-refractivity contribution is 5.42. The number of nitriles is 1. The van der Waals surface area contributed by atoms with Gasteiger partial charge in [-0.05, 0) is 38.5 Å². The van der Waals surface area contributed by atoms with Crippen LogP contribution in [0.25, 0.3) is 0 Å². The SMILES string of the molecule is CCOc1cc(CNCC(C)(C)C#N)ccc1OC. The van der Waals surface area contributed by atoms with Crippen molar-refractivity contribution >= 4 is 0 Å². The van der Waals surface area contributed by atoms with Crippen LogP contribution in [0, 0.1) is 16.7 Å². The summed E-state index contributed by atoms with van der Waals surface area (Å²) in [6.07, 6.45) is 0. The van der Waals surface area contributed by atoms with Crippen molar-refractivity contribution in [2.45, 2.75) is 27.3 Å². The van der Waals surface area contributed by atoms with Crippen molar-refractivity contribution in [2.24, 2.45) is 5.41 Å². The molecule has 1 rings (SSSR count). The van der Waals surface area contributed by atoms with Gasteiger partial charge in [0.15, 0.2) is 11.5 Å². The van der Waals surface area contributed by atoms with E-state index in [4.69, 9.17) is 14.7 Å². The molecule has 0 aliphatic carbocycles. The van der Waals surface area contributed by atoms with E-state index in [1.165, 1.54) is 0 Å². The van der Waals surface area contributed by atoms with Gasteiger partial charge < -0.3 is 14.8 Å². The zero-order chi connectivity index (χ0) is 14.3. The zero-order valence-electron chi connectivity index (χ0n) is 12.1. The molecule has 0 bridgehead atoms. The molecule has 1 aromatic rings. The molecule has 1 aromatic carbocycles. The maximum Gasteiger partial charge on any atom is 0.161 e. The number of rotatable bonds is 7. The molecule has 0 atom stereocenters. The normalized spacial score (nSPS) is 10.9. The predicted octanol–water partition coefficient (Wildman–Crippen LogP) is 2.73. The van der Waals surface area contributed by atoms with Gasteiger partial charge in [0, 0.05) is 13.1 Å². The third-order valence-corrected chi connectivity index (χ3v) is 2.73. The Bertz CT molecular complexity index is 450. The summed E-state index contributed by atoms with van der Waals surface area (Å²) in [5.74, 6) is 1.49. The summed E-state index contributed by atoms with van der Waals surface area (Å²) in [4.78, 5) is 0. The molecule has 1 N–H and O–H groups in total. The molecule has 0 aliphatic heterocycles. The van der Waals surface area contributed by atoms with E-state index in [-0.39, 0.29) is 5.41 Å². The number of hydrogen-bond donors (Lipinski definition) is 1. The van der Waals surface area contributed by atoms with Crippen molar-refractivity contribution in [3.63, 3.8) is 0 Å². The molecule has 0 spiro atoms. The molecule has 4 heteroatoms. The average Bonchev–Trinajstić information content (AvgIpc) is 2.39. The van der Waals surface area contributed by atoms with Crippen molar-refractivity contribution in [1.29, 1.82) is 5.26 Å². The summed E-state index contributed by atoms with van der Waals surface area (Å²) in [6, 6.07) is 8.13. The van der Waals surface area contributed by atoms with Gasteiger partial charge in [-0.3, -0.25) is 0 Å². The van der Waals surface area contributed by atoms with Gasteiger partial charge in [-0.25, -0.2) is 0 Å². The summed E-state index contributed by atoms with van der Waals surface area (Å²) >= 11 is 0. The second-order valence-corrected chi connectivity index (χ2v) is 5.02. The molecule has 0 saturated heterocycles. The molecule has 0 saturated carbocycles. The number of ether oxygens (including phenoxy) is 2. The molecule has 104 valence electrons. The van der Waals surface area contributed by atoms with Gasteiger partial charge in [0.25, 0.3) is 0 Å². The topological polar surface area (TPSA) is 54.3 Å². The van der Waals surface area contributed by atoms with Gasteiger partial charge in [0.05, 0.1) is 25.2 Å². The summed E-state index contributed by atoms with van der Waals surface area (Å²) in [5.41, 5.74) is 0.757. The largest absolute Gasteiger partial charge is 0.493 e. The van der Waals surface area contributed by atoms with Crippen LogP contribution in [-0.4, -0.2) is 20.3 Å². The molecule has 0 radical (unpaired) electrons. The van der Waals surface area contributed by atoms with Crippen molar-refractivity contribution in [3.05, 3.63) is 23.8 Å². The molecule has 0 aliphatic rings. The highest BCUT2D eigenvalue weighted by Crippen LogP contribution is 2.28. The fourth-order valence-electron chi connectivity index (χ4n) is 1.66. The van der Waals surface area contributed by atoms with Crippen LogP contribution >= 0.6 is 0 Å². The Morgan fingerprint density at radius 1 is 1.32 bits per heavy atom. The third-order valence-electron chi connectivity index (χ3n) is 2.73.